The van der Waals surface area contributed by atoms with Crippen molar-refractivity contribution in [2.75, 3.05) is 0 Å². The fourth-order valence-corrected chi connectivity index (χ4v) is 1.52. The molecular formula is C12H9ClN2O. The summed E-state index contributed by atoms with van der Waals surface area (Å²) >= 11 is 5.90. The Kier molecular flexibility index (Phi) is 2.97. The number of rotatable bonds is 2. The number of aryl methyl sites for hydroxylation is 1. The molecule has 4 heteroatoms. The molecule has 2 aromatic heterocycles. The van der Waals surface area contributed by atoms with Gasteiger partial charge in [0.25, 0.3) is 0 Å². The molecule has 80 valence electrons. The molecule has 2 heterocycles. The minimum Gasteiger partial charge on any atom is -0.288 e. The largest absolute Gasteiger partial charge is 0.288 e. The summed E-state index contributed by atoms with van der Waals surface area (Å²) in [6.45, 7) is 1.87. The molecule has 2 aromatic rings. The quantitative estimate of drug-likeness (QED) is 0.748. The standard InChI is InChI=1S/C12H9ClN2O/c1-8-2-3-9(6-15-8)12(16)10-4-5-14-7-11(10)13/h2-7H,1H3. The number of carbonyl (C=O) groups is 1. The number of ketones is 1. The van der Waals surface area contributed by atoms with Crippen LogP contribution in [0.25, 0.3) is 0 Å². The third kappa shape index (κ3) is 2.09. The topological polar surface area (TPSA) is 42.9 Å². The van der Waals surface area contributed by atoms with Gasteiger partial charge >= 0.3 is 0 Å². The fourth-order valence-electron chi connectivity index (χ4n) is 1.32. The fraction of sp³-hybridized carbons (Fsp3) is 0.0833. The molecule has 0 atom stereocenters. The lowest BCUT2D eigenvalue weighted by Crippen LogP contribution is -2.03. The van der Waals surface area contributed by atoms with Gasteiger partial charge in [-0.1, -0.05) is 11.6 Å². The lowest BCUT2D eigenvalue weighted by atomic mass is 10.1. The van der Waals surface area contributed by atoms with Crippen LogP contribution in [0.15, 0.2) is 36.8 Å². The Balaban J connectivity index is 2.40. The molecule has 0 bridgehead atoms. The first-order valence-electron chi connectivity index (χ1n) is 4.75. The number of carbonyl (C=O) groups excluding carboxylic acids is 1. The van der Waals surface area contributed by atoms with Gasteiger partial charge in [-0.15, -0.1) is 0 Å². The molecule has 0 aliphatic carbocycles. The van der Waals surface area contributed by atoms with E-state index >= 15 is 0 Å². The van der Waals surface area contributed by atoms with E-state index in [4.69, 9.17) is 11.6 Å². The maximum atomic E-state index is 12.0. The number of hydrogen-bond donors (Lipinski definition) is 0. The molecule has 16 heavy (non-hydrogen) atoms. The van der Waals surface area contributed by atoms with Gasteiger partial charge in [-0.05, 0) is 25.1 Å². The zero-order chi connectivity index (χ0) is 11.5. The van der Waals surface area contributed by atoms with Crippen LogP contribution in [0.4, 0.5) is 0 Å². The van der Waals surface area contributed by atoms with Crippen molar-refractivity contribution in [3.8, 4) is 0 Å². The summed E-state index contributed by atoms with van der Waals surface area (Å²) in [5.41, 5.74) is 1.85. The van der Waals surface area contributed by atoms with Crippen molar-refractivity contribution in [2.24, 2.45) is 0 Å². The summed E-state index contributed by atoms with van der Waals surface area (Å²) in [7, 11) is 0. The molecule has 0 N–H and O–H groups in total. The van der Waals surface area contributed by atoms with E-state index in [9.17, 15) is 4.79 Å². The van der Waals surface area contributed by atoms with E-state index in [1.807, 2.05) is 6.92 Å². The Morgan fingerprint density at radius 2 is 2.06 bits per heavy atom. The second-order valence-electron chi connectivity index (χ2n) is 3.37. The van der Waals surface area contributed by atoms with Gasteiger partial charge in [0.05, 0.1) is 5.02 Å². The predicted molar refractivity (Wildman–Crippen MR) is 61.7 cm³/mol. The highest BCUT2D eigenvalue weighted by atomic mass is 35.5. The van der Waals surface area contributed by atoms with Crippen molar-refractivity contribution in [1.29, 1.82) is 0 Å². The van der Waals surface area contributed by atoms with E-state index < -0.39 is 0 Å². The van der Waals surface area contributed by atoms with Crippen LogP contribution in [-0.4, -0.2) is 15.8 Å². The summed E-state index contributed by atoms with van der Waals surface area (Å²) in [6.07, 6.45) is 4.55. The second-order valence-corrected chi connectivity index (χ2v) is 3.78. The van der Waals surface area contributed by atoms with Gasteiger partial charge in [0.15, 0.2) is 5.78 Å². The van der Waals surface area contributed by atoms with E-state index in [0.29, 0.717) is 16.1 Å². The molecule has 0 unspecified atom stereocenters. The molecule has 0 saturated carbocycles. The molecule has 0 spiro atoms. The first-order chi connectivity index (χ1) is 7.68. The van der Waals surface area contributed by atoms with Gasteiger partial charge in [-0.25, -0.2) is 0 Å². The lowest BCUT2D eigenvalue weighted by molar-refractivity contribution is 0.103. The Labute approximate surface area is 98.1 Å². The van der Waals surface area contributed by atoms with Crippen molar-refractivity contribution in [2.45, 2.75) is 6.92 Å². The zero-order valence-electron chi connectivity index (χ0n) is 8.64. The van der Waals surface area contributed by atoms with E-state index in [0.717, 1.165) is 5.69 Å². The van der Waals surface area contributed by atoms with Gasteiger partial charge in [0.1, 0.15) is 0 Å². The van der Waals surface area contributed by atoms with Crippen LogP contribution in [0.1, 0.15) is 21.6 Å². The van der Waals surface area contributed by atoms with Gasteiger partial charge in [-0.3, -0.25) is 14.8 Å². The van der Waals surface area contributed by atoms with Crippen molar-refractivity contribution in [3.63, 3.8) is 0 Å². The monoisotopic (exact) mass is 232 g/mol. The Hall–Kier alpha value is -1.74. The minimum absolute atomic E-state index is 0.139. The Bertz CT molecular complexity index is 523. The van der Waals surface area contributed by atoms with Crippen LogP contribution < -0.4 is 0 Å². The third-order valence-electron chi connectivity index (χ3n) is 2.19. The predicted octanol–water partition coefficient (Wildman–Crippen LogP) is 2.67. The Morgan fingerprint density at radius 1 is 1.25 bits per heavy atom. The molecular weight excluding hydrogens is 224 g/mol. The van der Waals surface area contributed by atoms with Crippen LogP contribution in [0.2, 0.25) is 5.02 Å². The number of hydrogen-bond acceptors (Lipinski definition) is 3. The molecule has 3 nitrogen and oxygen atoms in total. The average Bonchev–Trinajstić information content (AvgIpc) is 2.30. The van der Waals surface area contributed by atoms with Crippen molar-refractivity contribution < 1.29 is 4.79 Å². The minimum atomic E-state index is -0.139. The van der Waals surface area contributed by atoms with Crippen molar-refractivity contribution >= 4 is 17.4 Å². The smallest absolute Gasteiger partial charge is 0.196 e. The van der Waals surface area contributed by atoms with Gasteiger partial charge in [0.2, 0.25) is 0 Å². The molecule has 2 rings (SSSR count). The SMILES string of the molecule is Cc1ccc(C(=O)c2ccncc2Cl)cn1. The van der Waals surface area contributed by atoms with Crippen molar-refractivity contribution in [1.82, 2.24) is 9.97 Å². The van der Waals surface area contributed by atoms with Crippen LogP contribution in [0, 0.1) is 6.92 Å². The number of aromatic nitrogens is 2. The summed E-state index contributed by atoms with van der Waals surface area (Å²) in [5.74, 6) is -0.139. The lowest BCUT2D eigenvalue weighted by Gasteiger charge is -2.02. The number of nitrogens with zero attached hydrogens (tertiary/aromatic N) is 2. The van der Waals surface area contributed by atoms with Crippen LogP contribution >= 0.6 is 11.6 Å². The molecule has 0 fully saturated rings. The van der Waals surface area contributed by atoms with Gasteiger partial charge in [0, 0.05) is 35.4 Å². The highest BCUT2D eigenvalue weighted by molar-refractivity contribution is 6.34. The maximum absolute atomic E-state index is 12.0. The molecule has 0 amide bonds. The Morgan fingerprint density at radius 3 is 2.69 bits per heavy atom. The molecule has 0 aliphatic rings. The molecule has 0 saturated heterocycles. The normalized spacial score (nSPS) is 10.1. The van der Waals surface area contributed by atoms with Crippen LogP contribution in [0.3, 0.4) is 0 Å². The summed E-state index contributed by atoms with van der Waals surface area (Å²) in [5, 5.41) is 0.355. The average molecular weight is 233 g/mol. The van der Waals surface area contributed by atoms with E-state index in [1.165, 1.54) is 6.20 Å². The third-order valence-corrected chi connectivity index (χ3v) is 2.49. The van der Waals surface area contributed by atoms with E-state index in [-0.39, 0.29) is 5.78 Å². The summed E-state index contributed by atoms with van der Waals surface area (Å²) < 4.78 is 0. The van der Waals surface area contributed by atoms with Gasteiger partial charge < -0.3 is 0 Å². The highest BCUT2D eigenvalue weighted by Gasteiger charge is 2.12. The van der Waals surface area contributed by atoms with E-state index in [1.54, 1.807) is 30.6 Å². The summed E-state index contributed by atoms with van der Waals surface area (Å²) in [4.78, 5) is 19.9. The second kappa shape index (κ2) is 4.41. The first kappa shape index (κ1) is 10.8. The van der Waals surface area contributed by atoms with E-state index in [2.05, 4.69) is 9.97 Å². The number of halogens is 1. The molecule has 0 radical (unpaired) electrons. The highest BCUT2D eigenvalue weighted by Crippen LogP contribution is 2.17. The van der Waals surface area contributed by atoms with Crippen molar-refractivity contribution in [3.05, 3.63) is 58.6 Å². The maximum Gasteiger partial charge on any atom is 0.196 e. The first-order valence-corrected chi connectivity index (χ1v) is 5.13. The zero-order valence-corrected chi connectivity index (χ0v) is 9.40. The molecule has 0 aliphatic heterocycles. The number of pyridine rings is 2. The van der Waals surface area contributed by atoms with Gasteiger partial charge in [-0.2, -0.15) is 0 Å². The van der Waals surface area contributed by atoms with Crippen LogP contribution in [0.5, 0.6) is 0 Å². The summed E-state index contributed by atoms with van der Waals surface area (Å²) in [6, 6.07) is 5.13. The molecule has 0 aromatic carbocycles. The van der Waals surface area contributed by atoms with Crippen LogP contribution in [-0.2, 0) is 0 Å².